The molecule has 0 aromatic heterocycles. The number of imide groups is 1. The SMILES string of the molecule is COc1ccc(C(=O)NC(=O)COC(=O)c2cccc(OCC(C)C)c2)cc1. The summed E-state index contributed by atoms with van der Waals surface area (Å²) in [7, 11) is 1.51. The first-order valence-electron chi connectivity index (χ1n) is 8.77. The lowest BCUT2D eigenvalue weighted by molar-refractivity contribution is -0.123. The summed E-state index contributed by atoms with van der Waals surface area (Å²) >= 11 is 0. The third kappa shape index (κ3) is 6.42. The lowest BCUT2D eigenvalue weighted by Crippen LogP contribution is -2.34. The molecule has 28 heavy (non-hydrogen) atoms. The number of nitrogens with one attached hydrogen (secondary N) is 1. The van der Waals surface area contributed by atoms with E-state index in [0.717, 1.165) is 0 Å². The van der Waals surface area contributed by atoms with Gasteiger partial charge in [-0.1, -0.05) is 19.9 Å². The number of hydrogen-bond donors (Lipinski definition) is 1. The maximum absolute atomic E-state index is 12.1. The van der Waals surface area contributed by atoms with Crippen molar-refractivity contribution in [1.29, 1.82) is 0 Å². The monoisotopic (exact) mass is 385 g/mol. The van der Waals surface area contributed by atoms with Crippen LogP contribution in [0.15, 0.2) is 48.5 Å². The van der Waals surface area contributed by atoms with E-state index in [9.17, 15) is 14.4 Å². The average Bonchev–Trinajstić information content (AvgIpc) is 2.70. The predicted molar refractivity (Wildman–Crippen MR) is 103 cm³/mol. The van der Waals surface area contributed by atoms with Gasteiger partial charge in [0.15, 0.2) is 6.61 Å². The summed E-state index contributed by atoms with van der Waals surface area (Å²) in [5.41, 5.74) is 0.547. The Balaban J connectivity index is 1.85. The number of hydrogen-bond acceptors (Lipinski definition) is 6. The first-order chi connectivity index (χ1) is 13.4. The minimum atomic E-state index is -0.721. The molecule has 0 spiro atoms. The van der Waals surface area contributed by atoms with Crippen molar-refractivity contribution in [3.8, 4) is 11.5 Å². The van der Waals surface area contributed by atoms with Gasteiger partial charge in [-0.2, -0.15) is 0 Å². The molecule has 0 unspecified atom stereocenters. The summed E-state index contributed by atoms with van der Waals surface area (Å²) in [6, 6.07) is 12.8. The molecule has 0 saturated heterocycles. The topological polar surface area (TPSA) is 90.9 Å². The van der Waals surface area contributed by atoms with E-state index in [1.54, 1.807) is 36.4 Å². The van der Waals surface area contributed by atoms with Crippen LogP contribution in [-0.4, -0.2) is 38.1 Å². The molecule has 0 saturated carbocycles. The van der Waals surface area contributed by atoms with Crippen molar-refractivity contribution in [2.24, 2.45) is 5.92 Å². The number of ether oxygens (including phenoxy) is 3. The fourth-order valence-corrected chi connectivity index (χ4v) is 2.17. The van der Waals surface area contributed by atoms with Gasteiger partial charge in [-0.25, -0.2) is 4.79 Å². The normalized spacial score (nSPS) is 10.3. The summed E-state index contributed by atoms with van der Waals surface area (Å²) in [6.07, 6.45) is 0. The van der Waals surface area contributed by atoms with Gasteiger partial charge >= 0.3 is 5.97 Å². The van der Waals surface area contributed by atoms with Gasteiger partial charge in [0, 0.05) is 5.56 Å². The molecule has 0 bridgehead atoms. The molecule has 0 heterocycles. The van der Waals surface area contributed by atoms with Crippen LogP contribution in [0.25, 0.3) is 0 Å². The van der Waals surface area contributed by atoms with Crippen molar-refractivity contribution >= 4 is 17.8 Å². The van der Waals surface area contributed by atoms with Crippen molar-refractivity contribution < 1.29 is 28.6 Å². The summed E-state index contributed by atoms with van der Waals surface area (Å²) in [4.78, 5) is 36.0. The number of esters is 1. The molecule has 0 fully saturated rings. The van der Waals surface area contributed by atoms with Gasteiger partial charge < -0.3 is 14.2 Å². The van der Waals surface area contributed by atoms with Crippen LogP contribution in [-0.2, 0) is 9.53 Å². The van der Waals surface area contributed by atoms with Crippen LogP contribution < -0.4 is 14.8 Å². The van der Waals surface area contributed by atoms with Gasteiger partial charge in [0.2, 0.25) is 0 Å². The zero-order valence-corrected chi connectivity index (χ0v) is 16.1. The highest BCUT2D eigenvalue weighted by Gasteiger charge is 2.14. The fraction of sp³-hybridized carbons (Fsp3) is 0.286. The highest BCUT2D eigenvalue weighted by Crippen LogP contribution is 2.15. The largest absolute Gasteiger partial charge is 0.497 e. The lowest BCUT2D eigenvalue weighted by Gasteiger charge is -2.10. The number of carbonyl (C=O) groups is 3. The zero-order chi connectivity index (χ0) is 20.5. The van der Waals surface area contributed by atoms with E-state index in [4.69, 9.17) is 14.2 Å². The van der Waals surface area contributed by atoms with Gasteiger partial charge in [0.25, 0.3) is 11.8 Å². The second-order valence-electron chi connectivity index (χ2n) is 6.41. The molecule has 1 N–H and O–H groups in total. The Labute approximate surface area is 163 Å². The smallest absolute Gasteiger partial charge is 0.338 e. The highest BCUT2D eigenvalue weighted by molar-refractivity contribution is 6.05. The molecule has 148 valence electrons. The molecular weight excluding hydrogens is 362 g/mol. The van der Waals surface area contributed by atoms with Gasteiger partial charge in [-0.05, 0) is 48.4 Å². The van der Waals surface area contributed by atoms with E-state index in [1.807, 2.05) is 13.8 Å². The van der Waals surface area contributed by atoms with Gasteiger partial charge in [-0.15, -0.1) is 0 Å². The standard InChI is InChI=1S/C21H23NO6/c1-14(2)12-27-18-6-4-5-16(11-18)21(25)28-13-19(23)22-20(24)15-7-9-17(26-3)10-8-15/h4-11,14H,12-13H2,1-3H3,(H,22,23,24). The van der Waals surface area contributed by atoms with Crippen molar-refractivity contribution in [3.05, 3.63) is 59.7 Å². The highest BCUT2D eigenvalue weighted by atomic mass is 16.5. The second kappa shape index (κ2) is 10.1. The minimum Gasteiger partial charge on any atom is -0.497 e. The van der Waals surface area contributed by atoms with Crippen molar-refractivity contribution in [2.75, 3.05) is 20.3 Å². The summed E-state index contributed by atoms with van der Waals surface area (Å²) in [5, 5.41) is 2.16. The molecule has 2 aromatic carbocycles. The number of amides is 2. The Morgan fingerprint density at radius 3 is 2.32 bits per heavy atom. The first-order valence-corrected chi connectivity index (χ1v) is 8.77. The van der Waals surface area contributed by atoms with Crippen LogP contribution in [0.3, 0.4) is 0 Å². The molecule has 0 atom stereocenters. The Hall–Kier alpha value is -3.35. The number of rotatable bonds is 8. The third-order valence-corrected chi connectivity index (χ3v) is 3.59. The molecule has 7 heteroatoms. The Kier molecular flexibility index (Phi) is 7.56. The van der Waals surface area contributed by atoms with Crippen molar-refractivity contribution in [3.63, 3.8) is 0 Å². The van der Waals surface area contributed by atoms with Crippen LogP contribution in [0.5, 0.6) is 11.5 Å². The molecular formula is C21H23NO6. The van der Waals surface area contributed by atoms with Crippen LogP contribution in [0.1, 0.15) is 34.6 Å². The summed E-state index contributed by atoms with van der Waals surface area (Å²) in [5.74, 6) is -0.502. The maximum Gasteiger partial charge on any atom is 0.338 e. The lowest BCUT2D eigenvalue weighted by atomic mass is 10.2. The minimum absolute atomic E-state index is 0.260. The van der Waals surface area contributed by atoms with E-state index < -0.39 is 24.4 Å². The average molecular weight is 385 g/mol. The number of carbonyl (C=O) groups excluding carboxylic acids is 3. The van der Waals surface area contributed by atoms with Crippen LogP contribution in [0.4, 0.5) is 0 Å². The van der Waals surface area contributed by atoms with E-state index in [2.05, 4.69) is 5.32 Å². The maximum atomic E-state index is 12.1. The quantitative estimate of drug-likeness (QED) is 0.703. The molecule has 7 nitrogen and oxygen atoms in total. The number of methoxy groups -OCH3 is 1. The molecule has 2 rings (SSSR count). The third-order valence-electron chi connectivity index (χ3n) is 3.59. The second-order valence-corrected chi connectivity index (χ2v) is 6.41. The van der Waals surface area contributed by atoms with Crippen LogP contribution in [0, 0.1) is 5.92 Å². The molecule has 0 aliphatic rings. The van der Waals surface area contributed by atoms with Crippen LogP contribution in [0.2, 0.25) is 0 Å². The van der Waals surface area contributed by atoms with Crippen LogP contribution >= 0.6 is 0 Å². The number of benzene rings is 2. The van der Waals surface area contributed by atoms with E-state index in [-0.39, 0.29) is 11.1 Å². The Morgan fingerprint density at radius 1 is 0.964 bits per heavy atom. The van der Waals surface area contributed by atoms with Gasteiger partial charge in [-0.3, -0.25) is 14.9 Å². The first kappa shape index (κ1) is 21.0. The Bertz CT molecular complexity index is 829. The van der Waals surface area contributed by atoms with Crippen molar-refractivity contribution in [1.82, 2.24) is 5.32 Å². The summed E-state index contributed by atoms with van der Waals surface area (Å²) in [6.45, 7) is 3.99. The zero-order valence-electron chi connectivity index (χ0n) is 16.1. The fourth-order valence-electron chi connectivity index (χ4n) is 2.17. The predicted octanol–water partition coefficient (Wildman–Crippen LogP) is 2.84. The van der Waals surface area contributed by atoms with Gasteiger partial charge in [0.1, 0.15) is 11.5 Å². The molecule has 2 aromatic rings. The molecule has 2 amide bonds. The molecule has 0 aliphatic heterocycles. The van der Waals surface area contributed by atoms with Gasteiger partial charge in [0.05, 0.1) is 19.3 Å². The summed E-state index contributed by atoms with van der Waals surface area (Å²) < 4.78 is 15.5. The molecule has 0 aliphatic carbocycles. The van der Waals surface area contributed by atoms with E-state index in [1.165, 1.54) is 19.2 Å². The van der Waals surface area contributed by atoms with E-state index in [0.29, 0.717) is 24.0 Å². The Morgan fingerprint density at radius 2 is 1.68 bits per heavy atom. The molecule has 0 radical (unpaired) electrons. The van der Waals surface area contributed by atoms with E-state index >= 15 is 0 Å². The van der Waals surface area contributed by atoms with Crippen molar-refractivity contribution in [2.45, 2.75) is 13.8 Å².